The van der Waals surface area contributed by atoms with Crippen molar-refractivity contribution in [2.75, 3.05) is 36.4 Å². The maximum atomic E-state index is 15.1. The van der Waals surface area contributed by atoms with E-state index in [1.807, 2.05) is 41.4 Å². The number of aromatic nitrogens is 5. The minimum atomic E-state index is -0.327. The van der Waals surface area contributed by atoms with Gasteiger partial charge < -0.3 is 15.5 Å². The zero-order chi connectivity index (χ0) is 31.5. The summed E-state index contributed by atoms with van der Waals surface area (Å²) in [4.78, 5) is 25.1. The molecule has 9 nitrogen and oxygen atoms in total. The van der Waals surface area contributed by atoms with Gasteiger partial charge in [0, 0.05) is 66.4 Å². The largest absolute Gasteiger partial charge is 0.367 e. The van der Waals surface area contributed by atoms with Crippen LogP contribution >= 0.6 is 11.6 Å². The molecule has 1 aliphatic rings. The van der Waals surface area contributed by atoms with Gasteiger partial charge in [0.2, 0.25) is 5.95 Å². The van der Waals surface area contributed by atoms with E-state index < -0.39 is 0 Å². The molecule has 3 aromatic carbocycles. The van der Waals surface area contributed by atoms with Crippen molar-refractivity contribution in [3.05, 3.63) is 135 Å². The van der Waals surface area contributed by atoms with Crippen LogP contribution in [-0.2, 0) is 6.54 Å². The highest BCUT2D eigenvalue weighted by molar-refractivity contribution is 6.30. The van der Waals surface area contributed by atoms with Gasteiger partial charge in [-0.3, -0.25) is 9.36 Å². The fraction of sp³-hybridized carbons (Fsp3) is 0.143. The summed E-state index contributed by atoms with van der Waals surface area (Å²) >= 11 is 6.02. The fourth-order valence-corrected chi connectivity index (χ4v) is 5.49. The lowest BCUT2D eigenvalue weighted by molar-refractivity contribution is 0.566. The topological polar surface area (TPSA) is 92.9 Å². The van der Waals surface area contributed by atoms with Crippen LogP contribution in [0.4, 0.5) is 21.7 Å². The van der Waals surface area contributed by atoms with Gasteiger partial charge in [0.05, 0.1) is 23.5 Å². The zero-order valence-corrected chi connectivity index (χ0v) is 25.4. The second-order valence-corrected chi connectivity index (χ2v) is 11.3. The van der Waals surface area contributed by atoms with Crippen LogP contribution < -0.4 is 21.1 Å². The van der Waals surface area contributed by atoms with Crippen LogP contribution in [0.25, 0.3) is 16.7 Å². The van der Waals surface area contributed by atoms with Crippen LogP contribution in [-0.4, -0.2) is 50.5 Å². The molecule has 1 saturated heterocycles. The van der Waals surface area contributed by atoms with Crippen molar-refractivity contribution < 1.29 is 4.39 Å². The Hall–Kier alpha value is -5.50. The number of nitrogens with one attached hydrogen (secondary N) is 2. The molecular weight excluding hydrogens is 603 g/mol. The normalized spacial score (nSPS) is 13.0. The molecule has 7 rings (SSSR count). The molecule has 0 saturated carbocycles. The average molecular weight is 631 g/mol. The van der Waals surface area contributed by atoms with Crippen LogP contribution in [0.3, 0.4) is 0 Å². The molecule has 11 heteroatoms. The fourth-order valence-electron chi connectivity index (χ4n) is 5.36. The first-order valence-corrected chi connectivity index (χ1v) is 15.2. The third-order valence-corrected chi connectivity index (χ3v) is 7.97. The van der Waals surface area contributed by atoms with Gasteiger partial charge in [0.15, 0.2) is 0 Å². The quantitative estimate of drug-likeness (QED) is 0.239. The Morgan fingerprint density at radius 1 is 0.978 bits per heavy atom. The summed E-state index contributed by atoms with van der Waals surface area (Å²) < 4.78 is 18.5. The molecule has 46 heavy (non-hydrogen) atoms. The third kappa shape index (κ3) is 6.33. The summed E-state index contributed by atoms with van der Waals surface area (Å²) in [5.74, 6) is 6.00. The van der Waals surface area contributed by atoms with Crippen molar-refractivity contribution >= 4 is 40.0 Å². The van der Waals surface area contributed by atoms with E-state index in [9.17, 15) is 4.79 Å². The van der Waals surface area contributed by atoms with Gasteiger partial charge in [-0.15, -0.1) is 0 Å². The number of halogens is 2. The molecule has 4 heterocycles. The summed E-state index contributed by atoms with van der Waals surface area (Å²) in [6, 6.07) is 23.5. The number of piperazine rings is 1. The third-order valence-electron chi connectivity index (χ3n) is 7.72. The summed E-state index contributed by atoms with van der Waals surface area (Å²) in [5.41, 5.74) is 4.03. The molecule has 1 fully saturated rings. The molecule has 228 valence electrons. The van der Waals surface area contributed by atoms with E-state index in [0.29, 0.717) is 33.0 Å². The van der Waals surface area contributed by atoms with Gasteiger partial charge in [-0.1, -0.05) is 35.6 Å². The Morgan fingerprint density at radius 2 is 1.78 bits per heavy atom. The van der Waals surface area contributed by atoms with E-state index in [4.69, 9.17) is 16.6 Å². The van der Waals surface area contributed by atoms with Gasteiger partial charge in [-0.05, 0) is 72.3 Å². The lowest BCUT2D eigenvalue weighted by Gasteiger charge is -2.29. The Bertz CT molecular complexity index is 2130. The highest BCUT2D eigenvalue weighted by Gasteiger charge is 2.16. The van der Waals surface area contributed by atoms with Gasteiger partial charge in [0.1, 0.15) is 11.5 Å². The van der Waals surface area contributed by atoms with E-state index in [0.717, 1.165) is 43.0 Å². The number of anilines is 3. The molecule has 0 unspecified atom stereocenters. The van der Waals surface area contributed by atoms with Gasteiger partial charge in [-0.25, -0.2) is 14.1 Å². The van der Waals surface area contributed by atoms with E-state index in [-0.39, 0.29) is 23.9 Å². The first-order chi connectivity index (χ1) is 22.5. The average Bonchev–Trinajstić information content (AvgIpc) is 3.62. The molecular formula is C35H28ClFN8O. The number of pyridine rings is 1. The van der Waals surface area contributed by atoms with E-state index in [1.54, 1.807) is 64.1 Å². The summed E-state index contributed by atoms with van der Waals surface area (Å²) in [6.07, 6.45) is 5.23. The number of benzene rings is 3. The maximum absolute atomic E-state index is 15.1. The van der Waals surface area contributed by atoms with Crippen molar-refractivity contribution in [2.24, 2.45) is 0 Å². The number of rotatable bonds is 6. The van der Waals surface area contributed by atoms with E-state index in [1.165, 1.54) is 6.07 Å². The minimum Gasteiger partial charge on any atom is -0.367 e. The zero-order valence-electron chi connectivity index (χ0n) is 24.6. The number of hydrogen-bond acceptors (Lipinski definition) is 7. The van der Waals surface area contributed by atoms with Crippen LogP contribution in [0, 0.1) is 17.7 Å². The molecule has 0 spiro atoms. The second kappa shape index (κ2) is 12.9. The molecule has 1 aliphatic heterocycles. The highest BCUT2D eigenvalue weighted by atomic mass is 35.5. The molecule has 0 radical (unpaired) electrons. The first kappa shape index (κ1) is 29.2. The van der Waals surface area contributed by atoms with E-state index >= 15 is 4.39 Å². The molecule has 0 bridgehead atoms. The van der Waals surface area contributed by atoms with Crippen molar-refractivity contribution in [3.8, 4) is 17.5 Å². The number of hydrogen-bond donors (Lipinski definition) is 2. The molecule has 2 N–H and O–H groups in total. The van der Waals surface area contributed by atoms with Crippen molar-refractivity contribution in [2.45, 2.75) is 6.54 Å². The Balaban J connectivity index is 1.24. The molecule has 0 amide bonds. The second-order valence-electron chi connectivity index (χ2n) is 10.8. The van der Waals surface area contributed by atoms with Crippen molar-refractivity contribution in [3.63, 3.8) is 0 Å². The van der Waals surface area contributed by atoms with E-state index in [2.05, 4.69) is 32.6 Å². The Kier molecular flexibility index (Phi) is 8.16. The van der Waals surface area contributed by atoms with Crippen LogP contribution in [0.1, 0.15) is 16.7 Å². The SMILES string of the molecule is O=c1c(C#Cc2ccc(Cl)cc2)cc2cnc(Nc3ccc(N4CCNCC4)c(F)c3)nc2n1Cc1ccc(-n2cccn2)cc1. The molecule has 3 aromatic heterocycles. The highest BCUT2D eigenvalue weighted by Crippen LogP contribution is 2.25. The predicted molar refractivity (Wildman–Crippen MR) is 179 cm³/mol. The monoisotopic (exact) mass is 630 g/mol. The van der Waals surface area contributed by atoms with Gasteiger partial charge in [-0.2, -0.15) is 10.1 Å². The maximum Gasteiger partial charge on any atom is 0.268 e. The number of fused-ring (bicyclic) bond motifs is 1. The summed E-state index contributed by atoms with van der Waals surface area (Å²) in [6.45, 7) is 3.36. The lowest BCUT2D eigenvalue weighted by atomic mass is 10.1. The number of nitrogens with zero attached hydrogens (tertiary/aromatic N) is 6. The van der Waals surface area contributed by atoms with Gasteiger partial charge >= 0.3 is 0 Å². The Morgan fingerprint density at radius 3 is 2.52 bits per heavy atom. The molecule has 0 atom stereocenters. The minimum absolute atomic E-state index is 0.240. The van der Waals surface area contributed by atoms with Crippen LogP contribution in [0.2, 0.25) is 5.02 Å². The van der Waals surface area contributed by atoms with Crippen molar-refractivity contribution in [1.29, 1.82) is 0 Å². The standard InChI is InChI=1S/C35H28ClFN8O/c36-28-8-3-24(4-9-28)2-7-26-20-27-22-39-35(41-29-10-13-32(31(37)21-29)43-18-15-38-16-19-43)42-33(27)44(34(26)46)23-25-5-11-30(12-6-25)45-17-1-14-40-45/h1,3-6,8-14,17,20-22,38H,15-16,18-19,23H2,(H,39,41,42). The smallest absolute Gasteiger partial charge is 0.268 e. The molecule has 6 aromatic rings. The Labute approximate surface area is 269 Å². The summed E-state index contributed by atoms with van der Waals surface area (Å²) in [5, 5.41) is 11.9. The predicted octanol–water partition coefficient (Wildman–Crippen LogP) is 5.37. The van der Waals surface area contributed by atoms with Crippen LogP contribution in [0.15, 0.2) is 102 Å². The lowest BCUT2D eigenvalue weighted by Crippen LogP contribution is -2.43. The van der Waals surface area contributed by atoms with Crippen LogP contribution in [0.5, 0.6) is 0 Å². The molecule has 0 aliphatic carbocycles. The summed E-state index contributed by atoms with van der Waals surface area (Å²) in [7, 11) is 0. The van der Waals surface area contributed by atoms with Crippen molar-refractivity contribution in [1.82, 2.24) is 29.6 Å². The van der Waals surface area contributed by atoms with Gasteiger partial charge in [0.25, 0.3) is 5.56 Å². The first-order valence-electron chi connectivity index (χ1n) is 14.8.